The first-order valence-corrected chi connectivity index (χ1v) is 33.0. The number of primary amides is 1. The fourth-order valence-corrected chi connectivity index (χ4v) is 10.7. The Kier molecular flexibility index (Phi) is 34.9. The van der Waals surface area contributed by atoms with Crippen LogP contribution in [0.1, 0.15) is 147 Å². The van der Waals surface area contributed by atoms with Crippen molar-refractivity contribution in [2.75, 3.05) is 25.4 Å². The smallest absolute Gasteiger partial charge is 0.326 e. The fourth-order valence-electron chi connectivity index (χ4n) is 10.5. The van der Waals surface area contributed by atoms with Crippen molar-refractivity contribution in [3.05, 3.63) is 0 Å². The van der Waals surface area contributed by atoms with Crippen LogP contribution in [0.15, 0.2) is 0 Å². The Labute approximate surface area is 568 Å². The fraction of sp³-hybridized carbons (Fsp3) is 0.721. The van der Waals surface area contributed by atoms with E-state index in [2.05, 4.69) is 71.1 Å². The van der Waals surface area contributed by atoms with E-state index in [1.807, 2.05) is 13.8 Å². The largest absolute Gasteiger partial charge is 0.481 e. The van der Waals surface area contributed by atoms with Gasteiger partial charge in [0.2, 0.25) is 82.7 Å². The van der Waals surface area contributed by atoms with Crippen LogP contribution in [-0.4, -0.2) is 230 Å². The van der Waals surface area contributed by atoms with Crippen LogP contribution in [0, 0.1) is 29.6 Å². The summed E-state index contributed by atoms with van der Waals surface area (Å²) in [7, 11) is 0. The summed E-state index contributed by atoms with van der Waals surface area (Å²) in [5, 5.41) is 55.5. The minimum absolute atomic E-state index is 0.0343. The molecule has 97 heavy (non-hydrogen) atoms. The van der Waals surface area contributed by atoms with Crippen LogP contribution < -0.4 is 70.0 Å². The zero-order valence-electron chi connectivity index (χ0n) is 57.1. The first-order valence-electron chi connectivity index (χ1n) is 32.4. The molecule has 13 atom stereocenters. The average molecular weight is 1400 g/mol. The van der Waals surface area contributed by atoms with E-state index in [9.17, 15) is 96.8 Å². The third kappa shape index (κ3) is 27.4. The minimum atomic E-state index is -1.95. The molecular weight excluding hydrogens is 1290 g/mol. The molecule has 0 radical (unpaired) electrons. The van der Waals surface area contributed by atoms with Crippen LogP contribution in [0.4, 0.5) is 0 Å². The van der Waals surface area contributed by atoms with Crippen LogP contribution in [0.2, 0.25) is 0 Å². The molecule has 2 aliphatic rings. The van der Waals surface area contributed by atoms with Gasteiger partial charge in [-0.25, -0.2) is 4.79 Å². The molecule has 0 saturated carbocycles. The van der Waals surface area contributed by atoms with Gasteiger partial charge in [-0.1, -0.05) is 69.2 Å². The summed E-state index contributed by atoms with van der Waals surface area (Å²) in [6, 6.07) is -17.8. The molecule has 0 aromatic rings. The molecule has 2 heterocycles. The predicted octanol–water partition coefficient (Wildman–Crippen LogP) is -4.41. The maximum atomic E-state index is 14.3. The number of rotatable bonds is 40. The molecule has 2 saturated heterocycles. The lowest BCUT2D eigenvalue weighted by atomic mass is 10.0. The number of thiol groups is 1. The molecule has 36 heteroatoms. The molecule has 0 aromatic heterocycles. The molecule has 0 aromatic carbocycles. The SMILES string of the molecule is CC(C)C[C@H](N)C(=O)N[C@H](C(=O)NCC(=O)N[C@@H](CC(=O)O)C(=O)N[C@@H](CCC(=O)O)C(=O)N[C@@H](CCC(N)=O)C(=O)N[C@@H](C)C(=O)N[C@H](C(=O)N1CCC[C@H]1C(=O)N[C@@H](C)C(=O)N[C@H](C(=O)N[C@@H](CS)C(=O)N[C@H](C(=O)N1CCC[C@H]1C(=O)O)C(C)C)C(C)C)C(C)C)C(C)C. The summed E-state index contributed by atoms with van der Waals surface area (Å²) < 4.78 is 0. The number of hydrogen-bond acceptors (Lipinski definition) is 19. The Morgan fingerprint density at radius 2 is 0.866 bits per heavy atom. The second-order valence-electron chi connectivity index (χ2n) is 26.1. The van der Waals surface area contributed by atoms with Crippen LogP contribution in [0.25, 0.3) is 0 Å². The Morgan fingerprint density at radius 1 is 0.454 bits per heavy atom. The van der Waals surface area contributed by atoms with Gasteiger partial charge in [0.05, 0.1) is 19.0 Å². The molecule has 14 amide bonds. The van der Waals surface area contributed by atoms with Gasteiger partial charge >= 0.3 is 17.9 Å². The van der Waals surface area contributed by atoms with E-state index in [4.69, 9.17) is 11.5 Å². The highest BCUT2D eigenvalue weighted by Gasteiger charge is 2.43. The molecule has 2 fully saturated rings. The molecule has 0 spiro atoms. The van der Waals surface area contributed by atoms with Crippen LogP contribution in [0.5, 0.6) is 0 Å². The molecule has 0 bridgehead atoms. The van der Waals surface area contributed by atoms with Crippen molar-refractivity contribution < 1.29 is 96.8 Å². The Balaban J connectivity index is 2.21. The lowest BCUT2D eigenvalue weighted by Crippen LogP contribution is -2.61. The molecule has 546 valence electrons. The number of carbonyl (C=O) groups excluding carboxylic acids is 14. The number of aliphatic carboxylic acids is 3. The van der Waals surface area contributed by atoms with Gasteiger partial charge in [-0.2, -0.15) is 12.6 Å². The minimum Gasteiger partial charge on any atom is -0.481 e. The highest BCUT2D eigenvalue weighted by molar-refractivity contribution is 7.80. The first-order chi connectivity index (χ1) is 45.1. The van der Waals surface area contributed by atoms with Gasteiger partial charge in [0.15, 0.2) is 0 Å². The third-order valence-corrected chi connectivity index (χ3v) is 16.4. The molecule has 2 rings (SSSR count). The van der Waals surface area contributed by atoms with Crippen LogP contribution in [0.3, 0.4) is 0 Å². The summed E-state index contributed by atoms with van der Waals surface area (Å²) in [6.45, 7) is 18.5. The lowest BCUT2D eigenvalue weighted by molar-refractivity contribution is -0.150. The van der Waals surface area contributed by atoms with Crippen molar-refractivity contribution in [3.8, 4) is 0 Å². The van der Waals surface area contributed by atoms with Crippen molar-refractivity contribution in [1.82, 2.24) is 68.3 Å². The first kappa shape index (κ1) is 84.4. The highest BCUT2D eigenvalue weighted by Crippen LogP contribution is 2.23. The van der Waals surface area contributed by atoms with E-state index in [0.29, 0.717) is 19.3 Å². The maximum Gasteiger partial charge on any atom is 0.326 e. The number of carboxylic acids is 3. The summed E-state index contributed by atoms with van der Waals surface area (Å²) in [6.07, 6.45) is -2.20. The zero-order chi connectivity index (χ0) is 74.0. The van der Waals surface area contributed by atoms with Crippen molar-refractivity contribution >= 4 is 113 Å². The molecule has 0 aliphatic carbocycles. The van der Waals surface area contributed by atoms with Crippen LogP contribution >= 0.6 is 12.6 Å². The third-order valence-electron chi connectivity index (χ3n) is 16.0. The normalized spacial score (nSPS) is 17.9. The Bertz CT molecular complexity index is 2880. The highest BCUT2D eigenvalue weighted by atomic mass is 32.1. The lowest BCUT2D eigenvalue weighted by Gasteiger charge is -2.32. The van der Waals surface area contributed by atoms with Crippen LogP contribution in [-0.2, 0) is 81.5 Å². The molecule has 35 nitrogen and oxygen atoms in total. The number of nitrogens with one attached hydrogen (secondary N) is 11. The number of carbonyl (C=O) groups is 17. The number of nitrogens with zero attached hydrogens (tertiary/aromatic N) is 2. The number of nitrogens with two attached hydrogens (primary N) is 2. The Hall–Kier alpha value is -8.70. The molecular formula is C61H101N15O20S. The van der Waals surface area contributed by atoms with E-state index in [-0.39, 0.29) is 37.6 Å². The van der Waals surface area contributed by atoms with E-state index >= 15 is 0 Å². The van der Waals surface area contributed by atoms with Gasteiger partial charge in [-0.05, 0) is 88.4 Å². The van der Waals surface area contributed by atoms with Gasteiger partial charge in [0.1, 0.15) is 72.5 Å². The van der Waals surface area contributed by atoms with E-state index in [1.165, 1.54) is 23.6 Å². The number of amides is 14. The van der Waals surface area contributed by atoms with E-state index in [1.54, 1.807) is 55.4 Å². The average Bonchev–Trinajstić information content (AvgIpc) is 1.75. The number of likely N-dealkylation sites (tertiary alicyclic amines) is 2. The molecule has 18 N–H and O–H groups in total. The quantitative estimate of drug-likeness (QED) is 0.0258. The Morgan fingerprint density at radius 3 is 1.33 bits per heavy atom. The van der Waals surface area contributed by atoms with Gasteiger partial charge in [-0.15, -0.1) is 0 Å². The molecule has 2 aliphatic heterocycles. The zero-order valence-corrected chi connectivity index (χ0v) is 58.0. The van der Waals surface area contributed by atoms with Gasteiger partial charge < -0.3 is 95.1 Å². The monoisotopic (exact) mass is 1400 g/mol. The second-order valence-corrected chi connectivity index (χ2v) is 26.4. The van der Waals surface area contributed by atoms with Gasteiger partial charge in [-0.3, -0.25) is 76.7 Å². The summed E-state index contributed by atoms with van der Waals surface area (Å²) >= 11 is 4.23. The second kappa shape index (κ2) is 40.1. The van der Waals surface area contributed by atoms with Crippen molar-refractivity contribution in [2.45, 2.75) is 226 Å². The number of hydrogen-bond donors (Lipinski definition) is 17. The molecule has 0 unspecified atom stereocenters. The summed E-state index contributed by atoms with van der Waals surface area (Å²) in [5.74, 6) is -19.3. The number of carboxylic acid groups (broad SMARTS) is 3. The predicted molar refractivity (Wildman–Crippen MR) is 349 cm³/mol. The van der Waals surface area contributed by atoms with E-state index < -0.39 is 241 Å². The summed E-state index contributed by atoms with van der Waals surface area (Å²) in [5.41, 5.74) is 11.3. The van der Waals surface area contributed by atoms with Gasteiger partial charge in [0, 0.05) is 31.7 Å². The standard InChI is InChI=1S/C61H101N15O20S/c1-27(2)23-34(62)51(85)72-45(28(3)4)57(91)64-25-42(78)67-37(24-44(81)82)54(88)69-36(18-20-43(79)80)53(87)68-35(17-19-41(63)77)52(86)65-32(11)50(84)73-47(30(7)8)59(93)75-21-13-15-39(75)56(90)66-33(12)49(83)71-46(29(5)6)58(92)70-38(26-97)55(89)74-48(31(9)10)60(94)76-22-14-16-40(76)61(95)96/h27-40,45-48,97H,13-26,62H2,1-12H3,(H2,63,77)(H,64,91)(H,65,86)(H,66,90)(H,67,78)(H,68,87)(H,69,88)(H,70,92)(H,71,83)(H,72,85)(H,73,84)(H,74,89)(H,79,80)(H,81,82)(H,95,96)/t32-,33-,34-,35-,36-,37-,38-,39-,40-,45-,46-,47-,48-/m0/s1. The van der Waals surface area contributed by atoms with E-state index in [0.717, 1.165) is 0 Å². The maximum absolute atomic E-state index is 14.3. The topological polar surface area (TPSA) is 542 Å². The van der Waals surface area contributed by atoms with Gasteiger partial charge in [0.25, 0.3) is 0 Å². The van der Waals surface area contributed by atoms with Crippen molar-refractivity contribution in [3.63, 3.8) is 0 Å². The van der Waals surface area contributed by atoms with Crippen molar-refractivity contribution in [1.29, 1.82) is 0 Å². The summed E-state index contributed by atoms with van der Waals surface area (Å²) in [4.78, 5) is 227. The van der Waals surface area contributed by atoms with Crippen molar-refractivity contribution in [2.24, 2.45) is 41.1 Å².